The third-order valence-corrected chi connectivity index (χ3v) is 5.48. The van der Waals surface area contributed by atoms with E-state index in [1.807, 2.05) is 60.7 Å². The highest BCUT2D eigenvalue weighted by Crippen LogP contribution is 2.43. The third kappa shape index (κ3) is 2.51. The number of hydrogen-bond donors (Lipinski definition) is 0. The van der Waals surface area contributed by atoms with Crippen molar-refractivity contribution >= 4 is 27.5 Å². The van der Waals surface area contributed by atoms with Crippen molar-refractivity contribution in [2.24, 2.45) is 0 Å². The summed E-state index contributed by atoms with van der Waals surface area (Å²) in [5.41, 5.74) is 2.89. The molecule has 2 heterocycles. The van der Waals surface area contributed by atoms with E-state index < -0.39 is 0 Å². The Hall–Kier alpha value is -4.05. The molecule has 4 aromatic carbocycles. The van der Waals surface area contributed by atoms with Gasteiger partial charge in [-0.2, -0.15) is 0 Å². The maximum atomic E-state index is 13.4. The van der Waals surface area contributed by atoms with Crippen molar-refractivity contribution in [1.82, 2.24) is 0 Å². The van der Waals surface area contributed by atoms with Crippen molar-refractivity contribution in [2.45, 2.75) is 0 Å². The van der Waals surface area contributed by atoms with Crippen molar-refractivity contribution < 1.29 is 18.7 Å². The molecule has 0 N–H and O–H groups in total. The number of ether oxygens (including phenoxy) is 2. The summed E-state index contributed by atoms with van der Waals surface area (Å²) in [7, 11) is 0. The number of ketones is 1. The molecule has 0 spiro atoms. The summed E-state index contributed by atoms with van der Waals surface area (Å²) in [6.45, 7) is 0.198. The highest BCUT2D eigenvalue weighted by Gasteiger charge is 2.26. The van der Waals surface area contributed by atoms with Crippen LogP contribution in [0.1, 0.15) is 16.1 Å². The molecule has 0 amide bonds. The first-order valence-corrected chi connectivity index (χ1v) is 9.73. The summed E-state index contributed by atoms with van der Waals surface area (Å²) >= 11 is 0. The van der Waals surface area contributed by atoms with E-state index in [-0.39, 0.29) is 12.6 Å². The standard InChI is InChI=1S/C26H16O4/c27-25(17-7-2-1-3-8-17)26-23(18-11-12-20-22(14-18)29-15-28-20)24-19-9-5-4-6-16(19)10-13-21(24)30-26/h1-14H,15H2. The molecule has 1 aliphatic heterocycles. The number of carbonyl (C=O) groups is 1. The zero-order valence-corrected chi connectivity index (χ0v) is 15.9. The molecule has 1 aromatic heterocycles. The van der Waals surface area contributed by atoms with Gasteiger partial charge < -0.3 is 13.9 Å². The number of benzene rings is 4. The Morgan fingerprint density at radius 1 is 0.767 bits per heavy atom. The van der Waals surface area contributed by atoms with Gasteiger partial charge in [0.15, 0.2) is 17.3 Å². The van der Waals surface area contributed by atoms with Crippen LogP contribution in [0.3, 0.4) is 0 Å². The first-order chi connectivity index (χ1) is 14.8. The van der Waals surface area contributed by atoms with Crippen LogP contribution in [-0.2, 0) is 0 Å². The molecule has 30 heavy (non-hydrogen) atoms. The average Bonchev–Trinajstić information content (AvgIpc) is 3.43. The summed E-state index contributed by atoms with van der Waals surface area (Å²) in [5, 5.41) is 3.05. The highest BCUT2D eigenvalue weighted by atomic mass is 16.7. The number of furan rings is 1. The zero-order valence-electron chi connectivity index (χ0n) is 15.9. The molecule has 5 aromatic rings. The van der Waals surface area contributed by atoms with E-state index in [4.69, 9.17) is 13.9 Å². The van der Waals surface area contributed by atoms with E-state index in [0.717, 1.165) is 27.3 Å². The summed E-state index contributed by atoms with van der Waals surface area (Å²) in [4.78, 5) is 13.4. The molecular formula is C26H16O4. The fourth-order valence-corrected chi connectivity index (χ4v) is 4.08. The van der Waals surface area contributed by atoms with Crippen LogP contribution in [0.4, 0.5) is 0 Å². The topological polar surface area (TPSA) is 48.7 Å². The van der Waals surface area contributed by atoms with E-state index in [0.29, 0.717) is 28.4 Å². The molecule has 1 aliphatic rings. The quantitative estimate of drug-likeness (QED) is 0.342. The van der Waals surface area contributed by atoms with Gasteiger partial charge in [-0.25, -0.2) is 0 Å². The summed E-state index contributed by atoms with van der Waals surface area (Å²) in [5.74, 6) is 1.54. The van der Waals surface area contributed by atoms with E-state index in [1.165, 1.54) is 0 Å². The summed E-state index contributed by atoms with van der Waals surface area (Å²) in [6, 6.07) is 27.0. The molecular weight excluding hydrogens is 376 g/mol. The monoisotopic (exact) mass is 392 g/mol. The van der Waals surface area contributed by atoms with Crippen LogP contribution < -0.4 is 9.47 Å². The van der Waals surface area contributed by atoms with Crippen LogP contribution >= 0.6 is 0 Å². The number of hydrogen-bond acceptors (Lipinski definition) is 4. The first kappa shape index (κ1) is 16.9. The van der Waals surface area contributed by atoms with Gasteiger partial charge in [0.25, 0.3) is 0 Å². The van der Waals surface area contributed by atoms with Gasteiger partial charge in [-0.3, -0.25) is 4.79 Å². The SMILES string of the molecule is O=C(c1ccccc1)c1oc2ccc3ccccc3c2c1-c1ccc2c(c1)OCO2. The van der Waals surface area contributed by atoms with Crippen LogP contribution in [-0.4, -0.2) is 12.6 Å². The minimum absolute atomic E-state index is 0.149. The normalized spacial score (nSPS) is 12.5. The second kappa shape index (κ2) is 6.49. The van der Waals surface area contributed by atoms with Gasteiger partial charge >= 0.3 is 0 Å². The van der Waals surface area contributed by atoms with Crippen molar-refractivity contribution in [3.63, 3.8) is 0 Å². The maximum Gasteiger partial charge on any atom is 0.231 e. The molecule has 4 heteroatoms. The average molecular weight is 392 g/mol. The lowest BCUT2D eigenvalue weighted by Gasteiger charge is -2.06. The molecule has 0 atom stereocenters. The van der Waals surface area contributed by atoms with Gasteiger partial charge in [0, 0.05) is 16.5 Å². The molecule has 0 radical (unpaired) electrons. The Kier molecular flexibility index (Phi) is 3.65. The fraction of sp³-hybridized carbons (Fsp3) is 0.0385. The van der Waals surface area contributed by atoms with Crippen molar-refractivity contribution in [3.8, 4) is 22.6 Å². The predicted molar refractivity (Wildman–Crippen MR) is 115 cm³/mol. The molecule has 4 nitrogen and oxygen atoms in total. The second-order valence-electron chi connectivity index (χ2n) is 7.23. The summed E-state index contributed by atoms with van der Waals surface area (Å²) < 4.78 is 17.2. The Balaban J connectivity index is 1.69. The van der Waals surface area contributed by atoms with Crippen LogP contribution in [0, 0.1) is 0 Å². The number of carbonyl (C=O) groups excluding carboxylic acids is 1. The van der Waals surface area contributed by atoms with E-state index in [2.05, 4.69) is 12.1 Å². The van der Waals surface area contributed by atoms with Gasteiger partial charge in [0.2, 0.25) is 12.6 Å². The Morgan fingerprint density at radius 2 is 1.57 bits per heavy atom. The van der Waals surface area contributed by atoms with E-state index in [1.54, 1.807) is 12.1 Å². The van der Waals surface area contributed by atoms with E-state index in [9.17, 15) is 4.79 Å². The predicted octanol–water partition coefficient (Wildman–Crippen LogP) is 6.21. The highest BCUT2D eigenvalue weighted by molar-refractivity contribution is 6.21. The Labute approximate surface area is 172 Å². The third-order valence-electron chi connectivity index (χ3n) is 5.48. The van der Waals surface area contributed by atoms with Crippen molar-refractivity contribution in [3.05, 3.63) is 96.3 Å². The van der Waals surface area contributed by atoms with Crippen molar-refractivity contribution in [2.75, 3.05) is 6.79 Å². The Bertz CT molecular complexity index is 1430. The van der Waals surface area contributed by atoms with Gasteiger partial charge in [-0.1, -0.05) is 66.7 Å². The lowest BCUT2D eigenvalue weighted by atomic mass is 9.95. The lowest BCUT2D eigenvalue weighted by molar-refractivity contribution is 0.101. The van der Waals surface area contributed by atoms with Crippen molar-refractivity contribution in [1.29, 1.82) is 0 Å². The molecule has 6 rings (SSSR count). The van der Waals surface area contributed by atoms with Crippen LogP contribution in [0.15, 0.2) is 89.3 Å². The number of fused-ring (bicyclic) bond motifs is 4. The first-order valence-electron chi connectivity index (χ1n) is 9.73. The minimum Gasteiger partial charge on any atom is -0.454 e. The van der Waals surface area contributed by atoms with Crippen LogP contribution in [0.25, 0.3) is 32.9 Å². The van der Waals surface area contributed by atoms with Crippen LogP contribution in [0.5, 0.6) is 11.5 Å². The van der Waals surface area contributed by atoms with E-state index >= 15 is 0 Å². The summed E-state index contributed by atoms with van der Waals surface area (Å²) in [6.07, 6.45) is 0. The largest absolute Gasteiger partial charge is 0.454 e. The van der Waals surface area contributed by atoms with Gasteiger partial charge in [0.1, 0.15) is 5.58 Å². The molecule has 0 fully saturated rings. The maximum absolute atomic E-state index is 13.4. The Morgan fingerprint density at radius 3 is 2.47 bits per heavy atom. The fourth-order valence-electron chi connectivity index (χ4n) is 4.08. The lowest BCUT2D eigenvalue weighted by Crippen LogP contribution is -2.01. The molecule has 0 saturated carbocycles. The van der Waals surface area contributed by atoms with Gasteiger partial charge in [-0.05, 0) is 34.5 Å². The molecule has 0 bridgehead atoms. The smallest absolute Gasteiger partial charge is 0.231 e. The molecule has 144 valence electrons. The van der Waals surface area contributed by atoms with Gasteiger partial charge in [-0.15, -0.1) is 0 Å². The number of rotatable bonds is 3. The molecule has 0 aliphatic carbocycles. The molecule has 0 saturated heterocycles. The zero-order chi connectivity index (χ0) is 20.1. The molecule has 0 unspecified atom stereocenters. The second-order valence-corrected chi connectivity index (χ2v) is 7.23. The minimum atomic E-state index is -0.149. The van der Waals surface area contributed by atoms with Gasteiger partial charge in [0.05, 0.1) is 0 Å². The van der Waals surface area contributed by atoms with Crippen LogP contribution in [0.2, 0.25) is 0 Å².